The molecular formula is C25H16N2O4S. The quantitative estimate of drug-likeness (QED) is 0.309. The number of phenols is 1. The van der Waals surface area contributed by atoms with E-state index in [4.69, 9.17) is 5.11 Å². The van der Waals surface area contributed by atoms with Crippen LogP contribution in [0.15, 0.2) is 79.0 Å². The minimum atomic E-state index is -1.07. The average molecular weight is 440 g/mol. The average Bonchev–Trinajstić information content (AvgIpc) is 3.44. The molecule has 0 saturated heterocycles. The Labute approximate surface area is 186 Å². The van der Waals surface area contributed by atoms with Crippen molar-refractivity contribution < 1.29 is 19.8 Å². The van der Waals surface area contributed by atoms with Gasteiger partial charge in [-0.1, -0.05) is 54.6 Å². The number of carboxylic acids is 1. The van der Waals surface area contributed by atoms with Gasteiger partial charge in [-0.25, -0.2) is 9.78 Å². The highest BCUT2D eigenvalue weighted by Crippen LogP contribution is 2.41. The minimum absolute atomic E-state index is 0.0171. The Hall–Kier alpha value is -4.23. The van der Waals surface area contributed by atoms with Crippen molar-refractivity contribution >= 4 is 33.2 Å². The van der Waals surface area contributed by atoms with Crippen molar-refractivity contribution in [3.05, 3.63) is 95.1 Å². The van der Waals surface area contributed by atoms with Crippen LogP contribution >= 0.6 is 11.3 Å². The van der Waals surface area contributed by atoms with Crippen molar-refractivity contribution in [2.75, 3.05) is 0 Å². The largest absolute Gasteiger partial charge is 0.508 e. The molecule has 0 aliphatic rings. The van der Waals surface area contributed by atoms with Gasteiger partial charge in [0.2, 0.25) is 5.78 Å². The van der Waals surface area contributed by atoms with Gasteiger partial charge in [-0.2, -0.15) is 0 Å². The zero-order valence-electron chi connectivity index (χ0n) is 16.6. The zero-order chi connectivity index (χ0) is 22.2. The van der Waals surface area contributed by atoms with Gasteiger partial charge in [0.15, 0.2) is 0 Å². The molecule has 0 atom stereocenters. The van der Waals surface area contributed by atoms with E-state index < -0.39 is 5.97 Å². The Morgan fingerprint density at radius 1 is 0.906 bits per heavy atom. The van der Waals surface area contributed by atoms with Crippen molar-refractivity contribution in [3.8, 4) is 28.3 Å². The number of carbonyl (C=O) groups excluding carboxylic acids is 1. The van der Waals surface area contributed by atoms with Crippen molar-refractivity contribution in [2.45, 2.75) is 0 Å². The number of aromatic carboxylic acids is 1. The first kappa shape index (κ1) is 19.7. The SMILES string of the molecule is O=C(O)c1cnc(-c2ccc(-c3c(C(=O)c4ccccc4)sc4cc(O)ccc34)cc2)[nH]1. The van der Waals surface area contributed by atoms with E-state index in [2.05, 4.69) is 9.97 Å². The third kappa shape index (κ3) is 3.44. The molecule has 156 valence electrons. The molecule has 0 fully saturated rings. The predicted octanol–water partition coefficient (Wildman–Crippen LogP) is 5.59. The lowest BCUT2D eigenvalue weighted by Crippen LogP contribution is -2.00. The second-order valence-corrected chi connectivity index (χ2v) is 8.26. The van der Waals surface area contributed by atoms with Gasteiger partial charge in [-0.15, -0.1) is 11.3 Å². The number of hydrogen-bond acceptors (Lipinski definition) is 5. The van der Waals surface area contributed by atoms with E-state index >= 15 is 0 Å². The van der Waals surface area contributed by atoms with E-state index in [1.807, 2.05) is 48.5 Å². The molecule has 5 aromatic rings. The van der Waals surface area contributed by atoms with Crippen LogP contribution in [0.25, 0.3) is 32.6 Å². The van der Waals surface area contributed by atoms with Crippen LogP contribution in [0.3, 0.4) is 0 Å². The van der Waals surface area contributed by atoms with Gasteiger partial charge < -0.3 is 15.2 Å². The van der Waals surface area contributed by atoms with Gasteiger partial charge in [0.05, 0.1) is 11.1 Å². The van der Waals surface area contributed by atoms with Gasteiger partial charge in [0.1, 0.15) is 17.3 Å². The summed E-state index contributed by atoms with van der Waals surface area (Å²) in [5, 5.41) is 19.9. The second-order valence-electron chi connectivity index (χ2n) is 7.21. The van der Waals surface area contributed by atoms with E-state index in [1.165, 1.54) is 17.5 Å². The van der Waals surface area contributed by atoms with Gasteiger partial charge in [0, 0.05) is 26.8 Å². The number of aromatic hydroxyl groups is 1. The Balaban J connectivity index is 1.62. The molecule has 0 spiro atoms. The number of benzene rings is 3. The minimum Gasteiger partial charge on any atom is -0.508 e. The van der Waals surface area contributed by atoms with E-state index in [-0.39, 0.29) is 17.2 Å². The smallest absolute Gasteiger partial charge is 0.353 e. The van der Waals surface area contributed by atoms with E-state index in [1.54, 1.807) is 24.3 Å². The molecule has 6 nitrogen and oxygen atoms in total. The number of carboxylic acid groups (broad SMARTS) is 1. The summed E-state index contributed by atoms with van der Waals surface area (Å²) in [4.78, 5) is 31.9. The maximum absolute atomic E-state index is 13.3. The van der Waals surface area contributed by atoms with Crippen LogP contribution in [0, 0.1) is 0 Å². The molecule has 0 aliphatic heterocycles. The summed E-state index contributed by atoms with van der Waals surface area (Å²) in [6, 6.07) is 21.6. The van der Waals surface area contributed by atoms with E-state index in [9.17, 15) is 14.7 Å². The molecule has 32 heavy (non-hydrogen) atoms. The maximum atomic E-state index is 13.3. The van der Waals surface area contributed by atoms with Crippen molar-refractivity contribution in [2.24, 2.45) is 0 Å². The lowest BCUT2D eigenvalue weighted by molar-refractivity contribution is 0.0691. The van der Waals surface area contributed by atoms with Crippen molar-refractivity contribution in [3.63, 3.8) is 0 Å². The molecule has 0 amide bonds. The first-order valence-corrected chi connectivity index (χ1v) is 10.6. The normalized spacial score (nSPS) is 11.0. The van der Waals surface area contributed by atoms with Crippen molar-refractivity contribution in [1.82, 2.24) is 9.97 Å². The number of fused-ring (bicyclic) bond motifs is 1. The van der Waals surface area contributed by atoms with Crippen LogP contribution in [0.5, 0.6) is 5.75 Å². The van der Waals surface area contributed by atoms with Crippen LogP contribution in [-0.4, -0.2) is 31.9 Å². The van der Waals surface area contributed by atoms with Crippen LogP contribution < -0.4 is 0 Å². The first-order chi connectivity index (χ1) is 15.5. The number of H-pyrrole nitrogens is 1. The molecule has 5 rings (SSSR count). The topological polar surface area (TPSA) is 103 Å². The third-order valence-corrected chi connectivity index (χ3v) is 6.32. The molecule has 0 unspecified atom stereocenters. The summed E-state index contributed by atoms with van der Waals surface area (Å²) in [5.74, 6) is -0.555. The van der Waals surface area contributed by atoms with Crippen LogP contribution in [0.4, 0.5) is 0 Å². The van der Waals surface area contributed by atoms with Crippen molar-refractivity contribution in [1.29, 1.82) is 0 Å². The van der Waals surface area contributed by atoms with E-state index in [0.29, 0.717) is 16.3 Å². The summed E-state index contributed by atoms with van der Waals surface area (Å²) in [6.07, 6.45) is 1.28. The van der Waals surface area contributed by atoms with Crippen LogP contribution in [-0.2, 0) is 0 Å². The lowest BCUT2D eigenvalue weighted by Gasteiger charge is -2.06. The standard InChI is InChI=1S/C25H16N2O4S/c28-17-10-11-18-20(12-17)32-23(22(29)15-4-2-1-3-5-15)21(18)14-6-8-16(9-7-14)24-26-13-19(27-24)25(30)31/h1-13,28H,(H,26,27)(H,30,31). The first-order valence-electron chi connectivity index (χ1n) is 9.75. The number of aromatic amines is 1. The Morgan fingerprint density at radius 3 is 2.31 bits per heavy atom. The fraction of sp³-hybridized carbons (Fsp3) is 0. The molecule has 0 radical (unpaired) electrons. The maximum Gasteiger partial charge on any atom is 0.353 e. The predicted molar refractivity (Wildman–Crippen MR) is 123 cm³/mol. The molecule has 0 saturated carbocycles. The number of thiophene rings is 1. The fourth-order valence-corrected chi connectivity index (χ4v) is 4.84. The molecule has 0 bridgehead atoms. The molecule has 0 aliphatic carbocycles. The number of hydrogen-bond donors (Lipinski definition) is 3. The fourth-order valence-electron chi connectivity index (χ4n) is 3.62. The Kier molecular flexibility index (Phi) is 4.80. The number of imidazole rings is 1. The molecule has 2 aromatic heterocycles. The highest BCUT2D eigenvalue weighted by Gasteiger charge is 2.21. The van der Waals surface area contributed by atoms with Crippen LogP contribution in [0.1, 0.15) is 25.7 Å². The highest BCUT2D eigenvalue weighted by molar-refractivity contribution is 7.21. The Morgan fingerprint density at radius 2 is 1.62 bits per heavy atom. The molecule has 3 N–H and O–H groups in total. The molecule has 3 aromatic carbocycles. The summed E-state index contributed by atoms with van der Waals surface area (Å²) in [7, 11) is 0. The number of nitrogens with one attached hydrogen (secondary N) is 1. The number of phenolic OH excluding ortho intramolecular Hbond substituents is 1. The summed E-state index contributed by atoms with van der Waals surface area (Å²) >= 11 is 1.35. The van der Waals surface area contributed by atoms with Gasteiger partial charge in [-0.05, 0) is 23.8 Å². The van der Waals surface area contributed by atoms with E-state index in [0.717, 1.165) is 26.8 Å². The highest BCUT2D eigenvalue weighted by atomic mass is 32.1. The number of aromatic nitrogens is 2. The monoisotopic (exact) mass is 440 g/mol. The summed E-state index contributed by atoms with van der Waals surface area (Å²) in [6.45, 7) is 0. The van der Waals surface area contributed by atoms with Gasteiger partial charge in [0.25, 0.3) is 0 Å². The molecular weight excluding hydrogens is 424 g/mol. The number of rotatable bonds is 5. The van der Waals surface area contributed by atoms with Gasteiger partial charge >= 0.3 is 5.97 Å². The summed E-state index contributed by atoms with van der Waals surface area (Å²) < 4.78 is 0.820. The lowest BCUT2D eigenvalue weighted by atomic mass is 9.97. The number of nitrogens with zero attached hydrogens (tertiary/aromatic N) is 1. The van der Waals surface area contributed by atoms with Gasteiger partial charge in [-0.3, -0.25) is 4.79 Å². The molecule has 2 heterocycles. The third-order valence-electron chi connectivity index (χ3n) is 5.17. The second kappa shape index (κ2) is 7.79. The zero-order valence-corrected chi connectivity index (χ0v) is 17.4. The summed E-state index contributed by atoms with van der Waals surface area (Å²) in [5.41, 5.74) is 2.99. The Bertz CT molecular complexity index is 1470. The number of carbonyl (C=O) groups is 2. The number of ketones is 1. The molecule has 7 heteroatoms. The van der Waals surface area contributed by atoms with Crippen LogP contribution in [0.2, 0.25) is 0 Å².